The molecule has 1 unspecified atom stereocenters. The monoisotopic (exact) mass is 267 g/mol. The molecule has 19 heavy (non-hydrogen) atoms. The van der Waals surface area contributed by atoms with Gasteiger partial charge in [-0.05, 0) is 26.0 Å². The summed E-state index contributed by atoms with van der Waals surface area (Å²) < 4.78 is 21.8. The fourth-order valence-electron chi connectivity index (χ4n) is 2.16. The van der Waals surface area contributed by atoms with Crippen LogP contribution in [-0.4, -0.2) is 33.5 Å². The Balaban J connectivity index is 2.37. The molecule has 1 atom stereocenters. The molecule has 1 saturated heterocycles. The highest BCUT2D eigenvalue weighted by Crippen LogP contribution is 2.40. The van der Waals surface area contributed by atoms with E-state index in [0.29, 0.717) is 23.9 Å². The van der Waals surface area contributed by atoms with E-state index in [0.717, 1.165) is 5.56 Å². The molecule has 1 aliphatic heterocycles. The molecule has 5 nitrogen and oxygen atoms in total. The number of ether oxygens (including phenoxy) is 4. The van der Waals surface area contributed by atoms with Gasteiger partial charge in [-0.25, -0.2) is 0 Å². The molecule has 0 aliphatic carbocycles. The minimum Gasteiger partial charge on any atom is -0.493 e. The third-order valence-electron chi connectivity index (χ3n) is 3.12. The summed E-state index contributed by atoms with van der Waals surface area (Å²) in [7, 11) is 4.80. The second kappa shape index (κ2) is 5.27. The maximum absolute atomic E-state index is 5.76. The second-order valence-electron chi connectivity index (χ2n) is 5.18. The van der Waals surface area contributed by atoms with Gasteiger partial charge in [0.25, 0.3) is 0 Å². The minimum atomic E-state index is -0.163. The van der Waals surface area contributed by atoms with Crippen molar-refractivity contribution >= 4 is 0 Å². The van der Waals surface area contributed by atoms with Crippen LogP contribution in [0.5, 0.6) is 17.2 Å². The predicted octanol–water partition coefficient (Wildman–Crippen LogP) is 2.11. The standard InChI is InChI=1S/C14H21NO4/c1-14(2)8-19-13(15-14)9-6-10(16-3)12(18-5)11(7-9)17-4/h6-7,13,15H,8H2,1-5H3. The number of nitrogens with one attached hydrogen (secondary N) is 1. The number of rotatable bonds is 4. The highest BCUT2D eigenvalue weighted by molar-refractivity contribution is 5.54. The molecule has 2 rings (SSSR count). The van der Waals surface area contributed by atoms with E-state index in [-0.39, 0.29) is 11.8 Å². The Morgan fingerprint density at radius 1 is 1.11 bits per heavy atom. The third kappa shape index (κ3) is 2.77. The van der Waals surface area contributed by atoms with Crippen LogP contribution in [-0.2, 0) is 4.74 Å². The number of methoxy groups -OCH3 is 3. The Morgan fingerprint density at radius 2 is 1.68 bits per heavy atom. The van der Waals surface area contributed by atoms with E-state index in [2.05, 4.69) is 19.2 Å². The predicted molar refractivity (Wildman–Crippen MR) is 72.0 cm³/mol. The van der Waals surface area contributed by atoms with Gasteiger partial charge in [0, 0.05) is 11.1 Å². The molecule has 1 heterocycles. The molecule has 0 amide bonds. The van der Waals surface area contributed by atoms with Crippen molar-refractivity contribution in [3.63, 3.8) is 0 Å². The summed E-state index contributed by atoms with van der Waals surface area (Å²) in [6.45, 7) is 4.87. The van der Waals surface area contributed by atoms with Crippen molar-refractivity contribution in [1.82, 2.24) is 5.32 Å². The van der Waals surface area contributed by atoms with Gasteiger partial charge < -0.3 is 18.9 Å². The molecule has 0 aromatic heterocycles. The van der Waals surface area contributed by atoms with Crippen molar-refractivity contribution in [3.8, 4) is 17.2 Å². The molecule has 1 fully saturated rings. The summed E-state index contributed by atoms with van der Waals surface area (Å²) in [5.74, 6) is 1.85. The molecule has 0 saturated carbocycles. The molecule has 1 aromatic rings. The summed E-state index contributed by atoms with van der Waals surface area (Å²) in [5, 5.41) is 3.41. The molecular weight excluding hydrogens is 246 g/mol. The summed E-state index contributed by atoms with van der Waals surface area (Å²) in [4.78, 5) is 0. The molecule has 5 heteroatoms. The topological polar surface area (TPSA) is 49.0 Å². The average Bonchev–Trinajstić information content (AvgIpc) is 2.77. The molecule has 1 N–H and O–H groups in total. The van der Waals surface area contributed by atoms with Crippen molar-refractivity contribution in [2.24, 2.45) is 0 Å². The molecule has 0 bridgehead atoms. The summed E-state index contributed by atoms with van der Waals surface area (Å²) in [6.07, 6.45) is -0.163. The summed E-state index contributed by atoms with van der Waals surface area (Å²) in [6, 6.07) is 3.81. The van der Waals surface area contributed by atoms with Crippen LogP contribution in [0, 0.1) is 0 Å². The summed E-state index contributed by atoms with van der Waals surface area (Å²) >= 11 is 0. The Kier molecular flexibility index (Phi) is 3.87. The van der Waals surface area contributed by atoms with E-state index >= 15 is 0 Å². The highest BCUT2D eigenvalue weighted by atomic mass is 16.5. The lowest BCUT2D eigenvalue weighted by Crippen LogP contribution is -2.35. The zero-order chi connectivity index (χ0) is 14.0. The molecule has 1 aliphatic rings. The van der Waals surface area contributed by atoms with Crippen LogP contribution in [0.4, 0.5) is 0 Å². The van der Waals surface area contributed by atoms with E-state index in [4.69, 9.17) is 18.9 Å². The van der Waals surface area contributed by atoms with Gasteiger partial charge in [0.2, 0.25) is 5.75 Å². The van der Waals surface area contributed by atoms with E-state index in [1.165, 1.54) is 0 Å². The smallest absolute Gasteiger partial charge is 0.203 e. The lowest BCUT2D eigenvalue weighted by atomic mass is 10.1. The van der Waals surface area contributed by atoms with Crippen LogP contribution in [0.3, 0.4) is 0 Å². The first-order valence-electron chi connectivity index (χ1n) is 6.20. The van der Waals surface area contributed by atoms with Gasteiger partial charge in [0.05, 0.1) is 27.9 Å². The van der Waals surface area contributed by atoms with Crippen molar-refractivity contribution < 1.29 is 18.9 Å². The average molecular weight is 267 g/mol. The van der Waals surface area contributed by atoms with Crippen LogP contribution < -0.4 is 19.5 Å². The van der Waals surface area contributed by atoms with Crippen LogP contribution in [0.25, 0.3) is 0 Å². The fraction of sp³-hybridized carbons (Fsp3) is 0.571. The molecule has 106 valence electrons. The normalized spacial score (nSPS) is 21.2. The molecule has 1 aromatic carbocycles. The van der Waals surface area contributed by atoms with Crippen LogP contribution in [0.2, 0.25) is 0 Å². The molecule has 0 spiro atoms. The van der Waals surface area contributed by atoms with Gasteiger partial charge in [-0.3, -0.25) is 5.32 Å². The first kappa shape index (κ1) is 14.0. The van der Waals surface area contributed by atoms with E-state index < -0.39 is 0 Å². The number of hydrogen-bond acceptors (Lipinski definition) is 5. The first-order chi connectivity index (χ1) is 9.00. The van der Waals surface area contributed by atoms with Crippen molar-refractivity contribution in [1.29, 1.82) is 0 Å². The summed E-state index contributed by atoms with van der Waals surface area (Å²) in [5.41, 5.74) is 0.922. The van der Waals surface area contributed by atoms with Gasteiger partial charge in [0.1, 0.15) is 6.23 Å². The Bertz CT molecular complexity index is 434. The first-order valence-corrected chi connectivity index (χ1v) is 6.20. The largest absolute Gasteiger partial charge is 0.493 e. The van der Waals surface area contributed by atoms with Crippen LogP contribution in [0.1, 0.15) is 25.6 Å². The SMILES string of the molecule is COc1cc(C2NC(C)(C)CO2)cc(OC)c1OC. The van der Waals surface area contributed by atoms with Crippen LogP contribution >= 0.6 is 0 Å². The minimum absolute atomic E-state index is 0.0366. The van der Waals surface area contributed by atoms with Gasteiger partial charge in [0.15, 0.2) is 11.5 Å². The van der Waals surface area contributed by atoms with Gasteiger partial charge in [-0.15, -0.1) is 0 Å². The van der Waals surface area contributed by atoms with Gasteiger partial charge in [-0.1, -0.05) is 0 Å². The fourth-order valence-corrected chi connectivity index (χ4v) is 2.16. The van der Waals surface area contributed by atoms with Crippen LogP contribution in [0.15, 0.2) is 12.1 Å². The second-order valence-corrected chi connectivity index (χ2v) is 5.18. The van der Waals surface area contributed by atoms with Crippen molar-refractivity contribution in [3.05, 3.63) is 17.7 Å². The van der Waals surface area contributed by atoms with E-state index in [1.807, 2.05) is 12.1 Å². The highest BCUT2D eigenvalue weighted by Gasteiger charge is 2.32. The van der Waals surface area contributed by atoms with E-state index in [1.54, 1.807) is 21.3 Å². The Morgan fingerprint density at radius 3 is 2.05 bits per heavy atom. The Labute approximate surface area is 113 Å². The number of hydrogen-bond donors (Lipinski definition) is 1. The molecule has 0 radical (unpaired) electrons. The van der Waals surface area contributed by atoms with Gasteiger partial charge in [-0.2, -0.15) is 0 Å². The zero-order valence-electron chi connectivity index (χ0n) is 12.1. The zero-order valence-corrected chi connectivity index (χ0v) is 12.1. The Hall–Kier alpha value is -1.46. The maximum atomic E-state index is 5.76. The van der Waals surface area contributed by atoms with E-state index in [9.17, 15) is 0 Å². The molecular formula is C14H21NO4. The van der Waals surface area contributed by atoms with Crippen molar-refractivity contribution in [2.75, 3.05) is 27.9 Å². The van der Waals surface area contributed by atoms with Crippen molar-refractivity contribution in [2.45, 2.75) is 25.6 Å². The lowest BCUT2D eigenvalue weighted by Gasteiger charge is -2.19. The quantitative estimate of drug-likeness (QED) is 0.905. The number of benzene rings is 1. The lowest BCUT2D eigenvalue weighted by molar-refractivity contribution is 0.0984. The maximum Gasteiger partial charge on any atom is 0.203 e. The van der Waals surface area contributed by atoms with Gasteiger partial charge >= 0.3 is 0 Å². The third-order valence-corrected chi connectivity index (χ3v) is 3.12.